The Hall–Kier alpha value is -1.06. The predicted molar refractivity (Wildman–Crippen MR) is 90.3 cm³/mol. The van der Waals surface area contributed by atoms with E-state index >= 15 is 0 Å². The molecule has 0 N–H and O–H groups in total. The van der Waals surface area contributed by atoms with Crippen molar-refractivity contribution in [3.63, 3.8) is 0 Å². The highest BCUT2D eigenvalue weighted by Crippen LogP contribution is 2.38. The summed E-state index contributed by atoms with van der Waals surface area (Å²) in [6.45, 7) is 0. The van der Waals surface area contributed by atoms with Crippen LogP contribution in [0.1, 0.15) is 36.8 Å². The van der Waals surface area contributed by atoms with E-state index in [1.807, 2.05) is 0 Å². The number of benzene rings is 1. The van der Waals surface area contributed by atoms with E-state index < -0.39 is 46.5 Å². The van der Waals surface area contributed by atoms with Crippen LogP contribution < -0.4 is 0 Å². The van der Waals surface area contributed by atoms with Crippen molar-refractivity contribution in [2.75, 3.05) is 0 Å². The zero-order valence-corrected chi connectivity index (χ0v) is 15.0. The van der Waals surface area contributed by atoms with E-state index in [0.717, 1.165) is 12.8 Å². The quantitative estimate of drug-likeness (QED) is 0.246. The average molecular weight is 478 g/mol. The van der Waals surface area contributed by atoms with Gasteiger partial charge < -0.3 is 0 Å². The zero-order chi connectivity index (χ0) is 18.8. The molecule has 1 aliphatic rings. The van der Waals surface area contributed by atoms with Gasteiger partial charge in [0.25, 0.3) is 0 Å². The molecule has 1 aliphatic carbocycles. The smallest absolute Gasteiger partial charge is 0.208 e. The largest absolute Gasteiger partial charge is 0.409 e. The van der Waals surface area contributed by atoms with Crippen LogP contribution in [0.2, 0.25) is 0 Å². The van der Waals surface area contributed by atoms with Crippen LogP contribution >= 0.6 is 22.6 Å². The molecule has 8 heteroatoms. The van der Waals surface area contributed by atoms with Crippen LogP contribution in [0.15, 0.2) is 24.0 Å². The van der Waals surface area contributed by atoms with Crippen LogP contribution in [0.25, 0.3) is 11.9 Å². The third-order valence-corrected chi connectivity index (χ3v) is 5.24. The molecule has 0 saturated heterocycles. The first-order chi connectivity index (χ1) is 11.6. The second-order valence-corrected chi connectivity index (χ2v) is 7.60. The summed E-state index contributed by atoms with van der Waals surface area (Å²) in [7, 11) is 0. The van der Waals surface area contributed by atoms with Gasteiger partial charge in [0.05, 0.1) is 0 Å². The highest BCUT2D eigenvalue weighted by Gasteiger charge is 2.27. The van der Waals surface area contributed by atoms with Gasteiger partial charge in [0, 0.05) is 27.0 Å². The fourth-order valence-electron chi connectivity index (χ4n) is 2.67. The van der Waals surface area contributed by atoms with E-state index in [0.29, 0.717) is 28.9 Å². The molecule has 0 amide bonds. The van der Waals surface area contributed by atoms with Gasteiger partial charge in [0.1, 0.15) is 17.5 Å². The van der Waals surface area contributed by atoms with E-state index in [2.05, 4.69) is 22.6 Å². The normalized spacial score (nSPS) is 23.0. The zero-order valence-electron chi connectivity index (χ0n) is 12.8. The summed E-state index contributed by atoms with van der Waals surface area (Å²) in [5.41, 5.74) is -1.62. The van der Waals surface area contributed by atoms with Crippen molar-refractivity contribution in [3.8, 4) is 0 Å². The molecule has 0 spiro atoms. The number of allylic oxidation sites excluding steroid dienone is 2. The summed E-state index contributed by atoms with van der Waals surface area (Å²) in [6, 6.07) is 0.996. The van der Waals surface area contributed by atoms with E-state index in [1.165, 1.54) is 0 Å². The van der Waals surface area contributed by atoms with Crippen molar-refractivity contribution in [2.24, 2.45) is 5.92 Å². The molecule has 0 nitrogen and oxygen atoms in total. The molecule has 0 aromatic heterocycles. The molecule has 25 heavy (non-hydrogen) atoms. The van der Waals surface area contributed by atoms with E-state index in [-0.39, 0.29) is 12.2 Å². The van der Waals surface area contributed by atoms with Gasteiger partial charge in [0.2, 0.25) is 0 Å². The molecule has 0 aliphatic heterocycles. The fraction of sp³-hybridized carbons (Fsp3) is 0.412. The van der Waals surface area contributed by atoms with Crippen LogP contribution in [0.4, 0.5) is 30.7 Å². The summed E-state index contributed by atoms with van der Waals surface area (Å²) >= 11 is 2.23. The van der Waals surface area contributed by atoms with Crippen LogP contribution in [0.3, 0.4) is 0 Å². The Kier molecular flexibility index (Phi) is 6.56. The summed E-state index contributed by atoms with van der Waals surface area (Å²) in [6.07, 6.45) is -2.55. The fourth-order valence-corrected chi connectivity index (χ4v) is 3.39. The number of halogens is 8. The van der Waals surface area contributed by atoms with Gasteiger partial charge >= 0.3 is 6.18 Å². The Bertz CT molecular complexity index is 660. The van der Waals surface area contributed by atoms with Gasteiger partial charge in [-0.05, 0) is 43.9 Å². The number of hydrogen-bond donors (Lipinski definition) is 0. The number of hydrogen-bond acceptors (Lipinski definition) is 0. The lowest BCUT2D eigenvalue weighted by Gasteiger charge is -2.24. The lowest BCUT2D eigenvalue weighted by molar-refractivity contribution is -0.0790. The molecule has 1 aromatic carbocycles. The van der Waals surface area contributed by atoms with E-state index in [1.54, 1.807) is 0 Å². The molecule has 1 aromatic rings. The molecule has 0 unspecified atom stereocenters. The van der Waals surface area contributed by atoms with E-state index in [9.17, 15) is 30.7 Å². The summed E-state index contributed by atoms with van der Waals surface area (Å²) in [5, 5.41) is 0. The minimum Gasteiger partial charge on any atom is -0.208 e. The van der Waals surface area contributed by atoms with Crippen LogP contribution in [-0.2, 0) is 0 Å². The molecular formula is C17H14F7I. The molecule has 0 bridgehead atoms. The first-order valence-corrected chi connectivity index (χ1v) is 8.77. The summed E-state index contributed by atoms with van der Waals surface area (Å²) in [5.74, 6) is -5.88. The van der Waals surface area contributed by atoms with Gasteiger partial charge in [-0.25, -0.2) is 17.6 Å². The third-order valence-electron chi connectivity index (χ3n) is 4.00. The maximum Gasteiger partial charge on any atom is 0.409 e. The highest BCUT2D eigenvalue weighted by atomic mass is 127. The molecule has 2 rings (SSSR count). The maximum atomic E-state index is 14.3. The van der Waals surface area contributed by atoms with Gasteiger partial charge in [-0.3, -0.25) is 0 Å². The Labute approximate surface area is 153 Å². The van der Waals surface area contributed by atoms with Crippen molar-refractivity contribution >= 4 is 34.5 Å². The second-order valence-electron chi connectivity index (χ2n) is 5.84. The van der Waals surface area contributed by atoms with Crippen molar-refractivity contribution < 1.29 is 30.7 Å². The van der Waals surface area contributed by atoms with E-state index in [4.69, 9.17) is 0 Å². The lowest BCUT2D eigenvalue weighted by atomic mass is 9.87. The lowest BCUT2D eigenvalue weighted by Crippen LogP contribution is -2.14. The summed E-state index contributed by atoms with van der Waals surface area (Å²) in [4.78, 5) is 0. The molecule has 138 valence electrons. The monoisotopic (exact) mass is 478 g/mol. The third kappa shape index (κ3) is 5.46. The van der Waals surface area contributed by atoms with Gasteiger partial charge in [-0.2, -0.15) is 13.2 Å². The molecule has 1 fully saturated rings. The molecule has 0 radical (unpaired) electrons. The predicted octanol–water partition coefficient (Wildman–Crippen LogP) is 7.14. The van der Waals surface area contributed by atoms with Crippen molar-refractivity contribution in [2.45, 2.75) is 35.8 Å². The molecule has 1 saturated carbocycles. The van der Waals surface area contributed by atoms with Crippen LogP contribution in [0, 0.1) is 17.6 Å². The first kappa shape index (κ1) is 20.3. The Morgan fingerprint density at radius 1 is 1.00 bits per heavy atom. The minimum absolute atomic E-state index is 0.216. The van der Waals surface area contributed by atoms with Gasteiger partial charge in [0.15, 0.2) is 5.83 Å². The van der Waals surface area contributed by atoms with Crippen LogP contribution in [-0.4, -0.2) is 10.1 Å². The minimum atomic E-state index is -4.74. The molecular weight excluding hydrogens is 464 g/mol. The molecule has 0 atom stereocenters. The average Bonchev–Trinajstić information content (AvgIpc) is 2.52. The first-order valence-electron chi connectivity index (χ1n) is 7.53. The Morgan fingerprint density at radius 3 is 2.00 bits per heavy atom. The standard InChI is InChI=1S/C17H14F7I/c18-13-7-10(8-14(19)12(13)5-6-17(22,23)24)16(21)15(20)9-1-3-11(25)4-2-9/h5-9,11H,1-4H2/b6-5+,16-15+. The highest BCUT2D eigenvalue weighted by molar-refractivity contribution is 14.1. The number of rotatable bonds is 3. The topological polar surface area (TPSA) is 0 Å². The van der Waals surface area contributed by atoms with Crippen LogP contribution in [0.5, 0.6) is 0 Å². The maximum absolute atomic E-state index is 14.3. The van der Waals surface area contributed by atoms with Crippen molar-refractivity contribution in [1.82, 2.24) is 0 Å². The second kappa shape index (κ2) is 8.09. The number of alkyl halides is 4. The van der Waals surface area contributed by atoms with Gasteiger partial charge in [-0.1, -0.05) is 22.6 Å². The SMILES string of the molecule is F/C(=C(/F)C1CCC(I)CC1)c1cc(F)c(/C=C/C(F)(F)F)c(F)c1. The van der Waals surface area contributed by atoms with Crippen molar-refractivity contribution in [1.29, 1.82) is 0 Å². The molecule has 0 heterocycles. The Morgan fingerprint density at radius 2 is 1.52 bits per heavy atom. The van der Waals surface area contributed by atoms with Crippen molar-refractivity contribution in [3.05, 3.63) is 46.8 Å². The Balaban J connectivity index is 2.30. The summed E-state index contributed by atoms with van der Waals surface area (Å²) < 4.78 is 92.9. The van der Waals surface area contributed by atoms with Gasteiger partial charge in [-0.15, -0.1) is 0 Å².